The van der Waals surface area contributed by atoms with Crippen molar-refractivity contribution in [2.24, 2.45) is 0 Å². The predicted molar refractivity (Wildman–Crippen MR) is 136 cm³/mol. The molecule has 1 amide bonds. The topological polar surface area (TPSA) is 90.3 Å². The Morgan fingerprint density at radius 2 is 1.80 bits per heavy atom. The maximum atomic E-state index is 13.4. The minimum atomic E-state index is -0.692. The van der Waals surface area contributed by atoms with Crippen molar-refractivity contribution in [3.8, 4) is 11.1 Å². The molecule has 184 valence electrons. The molecule has 3 aromatic rings. The number of pyridine rings is 2. The van der Waals surface area contributed by atoms with Crippen molar-refractivity contribution < 1.29 is 14.3 Å². The van der Waals surface area contributed by atoms with Crippen molar-refractivity contribution in [1.29, 1.82) is 0 Å². The molecule has 7 heteroatoms. The monoisotopic (exact) mass is 475 g/mol. The van der Waals surface area contributed by atoms with Gasteiger partial charge in [0.05, 0.1) is 19.6 Å². The lowest BCUT2D eigenvalue weighted by molar-refractivity contribution is -0.141. The molecule has 2 unspecified atom stereocenters. The molecule has 35 heavy (non-hydrogen) atoms. The molecule has 2 heterocycles. The van der Waals surface area contributed by atoms with Gasteiger partial charge in [-0.2, -0.15) is 0 Å². The van der Waals surface area contributed by atoms with E-state index < -0.39 is 18.1 Å². The Hall–Kier alpha value is -3.74. The number of ether oxygens (including phenoxy) is 1. The van der Waals surface area contributed by atoms with Gasteiger partial charge >= 0.3 is 5.97 Å². The van der Waals surface area contributed by atoms with Crippen molar-refractivity contribution in [3.63, 3.8) is 0 Å². The first-order chi connectivity index (χ1) is 16.7. The zero-order valence-corrected chi connectivity index (χ0v) is 21.0. The van der Waals surface area contributed by atoms with E-state index in [-0.39, 0.29) is 17.9 Å². The minimum Gasteiger partial charge on any atom is -0.469 e. The standard InChI is InChI=1S/C28H33N3O4/c1-6-8-24(31-12-11-18(2)13-25(31)32)28(34)30-23(15-26(33)35-5)21-14-22(17-29-16-21)27-19(3)9-7-10-20(27)4/h7,9-14,16-17,23-24H,6,8,15H2,1-5H3,(H,30,34). The molecule has 0 radical (unpaired) electrons. The maximum Gasteiger partial charge on any atom is 0.307 e. The van der Waals surface area contributed by atoms with Gasteiger partial charge in [-0.1, -0.05) is 31.5 Å². The van der Waals surface area contributed by atoms with Crippen LogP contribution >= 0.6 is 0 Å². The van der Waals surface area contributed by atoms with Crippen LogP contribution in [0.5, 0.6) is 0 Å². The Bertz CT molecular complexity index is 1240. The number of rotatable bonds is 9. The molecule has 0 saturated heterocycles. The molecule has 0 aliphatic carbocycles. The molecule has 0 aliphatic rings. The number of methoxy groups -OCH3 is 1. The minimum absolute atomic E-state index is 0.0538. The number of hydrogen-bond acceptors (Lipinski definition) is 5. The molecule has 1 N–H and O–H groups in total. The number of nitrogens with zero attached hydrogens (tertiary/aromatic N) is 2. The van der Waals surface area contributed by atoms with Gasteiger partial charge in [0.15, 0.2) is 0 Å². The summed E-state index contributed by atoms with van der Waals surface area (Å²) in [5, 5.41) is 2.99. The molecule has 0 aliphatic heterocycles. The van der Waals surface area contributed by atoms with Gasteiger partial charge in [0.2, 0.25) is 5.91 Å². The number of carbonyl (C=O) groups excluding carboxylic acids is 2. The van der Waals surface area contributed by atoms with Gasteiger partial charge in [-0.05, 0) is 67.1 Å². The fourth-order valence-electron chi connectivity index (χ4n) is 4.34. The highest BCUT2D eigenvalue weighted by Crippen LogP contribution is 2.29. The Kier molecular flexibility index (Phi) is 8.58. The Balaban J connectivity index is 1.98. The van der Waals surface area contributed by atoms with Gasteiger partial charge in [0.1, 0.15) is 6.04 Å². The Morgan fingerprint density at radius 1 is 1.09 bits per heavy atom. The number of amides is 1. The highest BCUT2D eigenvalue weighted by Gasteiger charge is 2.26. The summed E-state index contributed by atoms with van der Waals surface area (Å²) in [7, 11) is 1.32. The number of nitrogens with one attached hydrogen (secondary N) is 1. The van der Waals surface area contributed by atoms with Gasteiger partial charge in [-0.15, -0.1) is 0 Å². The van der Waals surface area contributed by atoms with Crippen LogP contribution in [-0.2, 0) is 14.3 Å². The second-order valence-corrected chi connectivity index (χ2v) is 8.87. The van der Waals surface area contributed by atoms with Crippen molar-refractivity contribution >= 4 is 11.9 Å². The molecular weight excluding hydrogens is 442 g/mol. The number of aromatic nitrogens is 2. The number of hydrogen-bond donors (Lipinski definition) is 1. The predicted octanol–water partition coefficient (Wildman–Crippen LogP) is 4.60. The third-order valence-corrected chi connectivity index (χ3v) is 6.15. The number of esters is 1. The van der Waals surface area contributed by atoms with Crippen molar-refractivity contribution in [2.45, 2.75) is 59.0 Å². The van der Waals surface area contributed by atoms with Gasteiger partial charge in [-0.25, -0.2) is 0 Å². The quantitative estimate of drug-likeness (QED) is 0.457. The highest BCUT2D eigenvalue weighted by molar-refractivity contribution is 5.82. The van der Waals surface area contributed by atoms with E-state index in [9.17, 15) is 14.4 Å². The summed E-state index contributed by atoms with van der Waals surface area (Å²) >= 11 is 0. The van der Waals surface area contributed by atoms with E-state index in [2.05, 4.69) is 10.3 Å². The Morgan fingerprint density at radius 3 is 2.43 bits per heavy atom. The summed E-state index contributed by atoms with van der Waals surface area (Å²) in [6.45, 7) is 7.88. The van der Waals surface area contributed by atoms with Crippen LogP contribution in [0.25, 0.3) is 11.1 Å². The van der Waals surface area contributed by atoms with Gasteiger partial charge in [-0.3, -0.25) is 19.4 Å². The first-order valence-electron chi connectivity index (χ1n) is 11.8. The molecule has 1 aromatic carbocycles. The average Bonchev–Trinajstić information content (AvgIpc) is 2.82. The lowest BCUT2D eigenvalue weighted by Gasteiger charge is -2.24. The van der Waals surface area contributed by atoms with E-state index in [1.165, 1.54) is 17.7 Å². The van der Waals surface area contributed by atoms with Crippen LogP contribution in [-0.4, -0.2) is 28.5 Å². The molecule has 0 fully saturated rings. The summed E-state index contributed by atoms with van der Waals surface area (Å²) in [5.74, 6) is -0.781. The van der Waals surface area contributed by atoms with E-state index >= 15 is 0 Å². The van der Waals surface area contributed by atoms with Crippen LogP contribution in [0.4, 0.5) is 0 Å². The zero-order chi connectivity index (χ0) is 25.5. The Labute approximate surface area is 206 Å². The summed E-state index contributed by atoms with van der Waals surface area (Å²) in [6.07, 6.45) is 6.22. The van der Waals surface area contributed by atoms with E-state index in [1.54, 1.807) is 24.7 Å². The lowest BCUT2D eigenvalue weighted by atomic mass is 9.94. The van der Waals surface area contributed by atoms with Crippen molar-refractivity contribution in [3.05, 3.63) is 87.6 Å². The SMILES string of the molecule is CCCC(C(=O)NC(CC(=O)OC)c1cncc(-c2c(C)cccc2C)c1)n1ccc(C)cc1=O. The van der Waals surface area contributed by atoms with Gasteiger partial charge in [0, 0.05) is 30.2 Å². The van der Waals surface area contributed by atoms with Crippen molar-refractivity contribution in [2.75, 3.05) is 7.11 Å². The van der Waals surface area contributed by atoms with Gasteiger partial charge in [0.25, 0.3) is 5.56 Å². The average molecular weight is 476 g/mol. The molecule has 0 spiro atoms. The highest BCUT2D eigenvalue weighted by atomic mass is 16.5. The molecule has 7 nitrogen and oxygen atoms in total. The third kappa shape index (κ3) is 6.23. The number of aryl methyl sites for hydroxylation is 3. The summed E-state index contributed by atoms with van der Waals surface area (Å²) < 4.78 is 6.35. The van der Waals surface area contributed by atoms with Crippen LogP contribution in [0.3, 0.4) is 0 Å². The smallest absolute Gasteiger partial charge is 0.307 e. The van der Waals surface area contributed by atoms with Gasteiger partial charge < -0.3 is 14.6 Å². The molecule has 2 atom stereocenters. The van der Waals surface area contributed by atoms with Crippen LogP contribution in [0, 0.1) is 20.8 Å². The summed E-state index contributed by atoms with van der Waals surface area (Å²) in [4.78, 5) is 42.7. The van der Waals surface area contributed by atoms with E-state index in [4.69, 9.17) is 4.74 Å². The normalized spacial score (nSPS) is 12.6. The number of benzene rings is 1. The first-order valence-corrected chi connectivity index (χ1v) is 11.8. The second kappa shape index (κ2) is 11.6. The van der Waals surface area contributed by atoms with Crippen LogP contribution in [0.2, 0.25) is 0 Å². The fraction of sp³-hybridized carbons (Fsp3) is 0.357. The van der Waals surface area contributed by atoms with E-state index in [1.807, 2.05) is 52.0 Å². The van der Waals surface area contributed by atoms with E-state index in [0.717, 1.165) is 27.8 Å². The van der Waals surface area contributed by atoms with Crippen LogP contribution in [0.15, 0.2) is 59.8 Å². The molecule has 3 rings (SSSR count). The largest absolute Gasteiger partial charge is 0.469 e. The molecule has 0 saturated carbocycles. The summed E-state index contributed by atoms with van der Waals surface area (Å²) in [6, 6.07) is 10.0. The number of carbonyl (C=O) groups is 2. The first kappa shape index (κ1) is 25.9. The van der Waals surface area contributed by atoms with Crippen molar-refractivity contribution in [1.82, 2.24) is 14.9 Å². The second-order valence-electron chi connectivity index (χ2n) is 8.87. The zero-order valence-electron chi connectivity index (χ0n) is 21.0. The maximum absolute atomic E-state index is 13.4. The molecule has 2 aromatic heterocycles. The van der Waals surface area contributed by atoms with Crippen LogP contribution < -0.4 is 10.9 Å². The summed E-state index contributed by atoms with van der Waals surface area (Å²) in [5.41, 5.74) is 5.48. The molecular formula is C28H33N3O4. The van der Waals surface area contributed by atoms with Crippen LogP contribution in [0.1, 0.15) is 60.5 Å². The molecule has 0 bridgehead atoms. The van der Waals surface area contributed by atoms with E-state index in [0.29, 0.717) is 18.4 Å². The fourth-order valence-corrected chi connectivity index (χ4v) is 4.34. The third-order valence-electron chi connectivity index (χ3n) is 6.15. The lowest BCUT2D eigenvalue weighted by Crippen LogP contribution is -2.39.